The summed E-state index contributed by atoms with van der Waals surface area (Å²) in [7, 11) is -4.01. The summed E-state index contributed by atoms with van der Waals surface area (Å²) in [6.45, 7) is 5.10. The lowest BCUT2D eigenvalue weighted by Crippen LogP contribution is -2.33. The number of nitrogens with one attached hydrogen (secondary N) is 1. The summed E-state index contributed by atoms with van der Waals surface area (Å²) in [5.74, 6) is 2.01. The number of fused-ring (bicyclic) bond motifs is 1. The van der Waals surface area contributed by atoms with Gasteiger partial charge < -0.3 is 18.6 Å². The number of ether oxygens (including phenoxy) is 1. The molecule has 1 aliphatic heterocycles. The minimum atomic E-state index is -4.01. The number of pyridine rings is 1. The molecule has 11 heteroatoms. The second-order valence-corrected chi connectivity index (χ2v) is 10.8. The molecule has 0 saturated heterocycles. The summed E-state index contributed by atoms with van der Waals surface area (Å²) in [4.78, 5) is 11.1. The molecule has 3 aromatic heterocycles. The summed E-state index contributed by atoms with van der Waals surface area (Å²) >= 11 is 0. The van der Waals surface area contributed by atoms with Gasteiger partial charge in [-0.15, -0.1) is 0 Å². The molecule has 4 heterocycles. The highest BCUT2D eigenvalue weighted by Crippen LogP contribution is 2.37. The van der Waals surface area contributed by atoms with Gasteiger partial charge in [0, 0.05) is 29.4 Å². The molecule has 39 heavy (non-hydrogen) atoms. The number of hydrogen-bond donors (Lipinski definition) is 1. The second kappa shape index (κ2) is 9.91. The number of hydrogen-bond acceptors (Lipinski definition) is 9. The number of nitrogens with zero attached hydrogens (tertiary/aromatic N) is 4. The predicted molar refractivity (Wildman–Crippen MR) is 145 cm³/mol. The fraction of sp³-hybridized carbons (Fsp3) is 0.179. The first-order valence-corrected chi connectivity index (χ1v) is 13.8. The van der Waals surface area contributed by atoms with Gasteiger partial charge in [0.1, 0.15) is 12.9 Å². The molecule has 0 unspecified atom stereocenters. The van der Waals surface area contributed by atoms with Crippen LogP contribution in [0.15, 0.2) is 87.1 Å². The van der Waals surface area contributed by atoms with Crippen molar-refractivity contribution in [2.24, 2.45) is 0 Å². The lowest BCUT2D eigenvalue weighted by molar-refractivity contribution is 0.304. The van der Waals surface area contributed by atoms with Crippen LogP contribution in [0, 0.1) is 13.8 Å². The zero-order valence-electron chi connectivity index (χ0n) is 21.3. The number of sulfonamides is 1. The number of rotatable bonds is 7. The van der Waals surface area contributed by atoms with Crippen molar-refractivity contribution in [2.45, 2.75) is 25.3 Å². The van der Waals surface area contributed by atoms with E-state index in [2.05, 4.69) is 24.7 Å². The van der Waals surface area contributed by atoms with E-state index in [0.717, 1.165) is 22.5 Å². The Balaban J connectivity index is 1.45. The van der Waals surface area contributed by atoms with Crippen molar-refractivity contribution in [1.82, 2.24) is 15.1 Å². The van der Waals surface area contributed by atoms with E-state index >= 15 is 0 Å². The average Bonchev–Trinajstić information content (AvgIpc) is 3.60. The Morgan fingerprint density at radius 2 is 1.87 bits per heavy atom. The van der Waals surface area contributed by atoms with Gasteiger partial charge in [0.2, 0.25) is 11.8 Å². The first kappa shape index (κ1) is 24.7. The molecule has 5 aromatic rings. The SMILES string of the molecule is Cc1noc(NS(=O)(=O)c2ccccc2-c2ccc(-c3ncco3)cc2CN2CCOc3cccnc32)c1C. The van der Waals surface area contributed by atoms with Gasteiger partial charge in [-0.3, -0.25) is 0 Å². The first-order valence-electron chi connectivity index (χ1n) is 12.3. The van der Waals surface area contributed by atoms with E-state index in [1.54, 1.807) is 44.4 Å². The summed E-state index contributed by atoms with van der Waals surface area (Å²) in [6.07, 6.45) is 4.84. The summed E-state index contributed by atoms with van der Waals surface area (Å²) < 4.78 is 46.4. The molecule has 198 valence electrons. The highest BCUT2D eigenvalue weighted by Gasteiger charge is 2.26. The normalized spacial score (nSPS) is 13.1. The molecular formula is C28H25N5O5S. The Morgan fingerprint density at radius 1 is 1.00 bits per heavy atom. The van der Waals surface area contributed by atoms with Gasteiger partial charge in [-0.1, -0.05) is 29.4 Å². The van der Waals surface area contributed by atoms with Crippen LogP contribution in [-0.4, -0.2) is 36.7 Å². The summed E-state index contributed by atoms with van der Waals surface area (Å²) in [6, 6.07) is 16.3. The van der Waals surface area contributed by atoms with Crippen LogP contribution in [0.1, 0.15) is 16.8 Å². The molecule has 0 saturated carbocycles. The highest BCUT2D eigenvalue weighted by molar-refractivity contribution is 7.92. The van der Waals surface area contributed by atoms with Crippen LogP contribution < -0.4 is 14.4 Å². The van der Waals surface area contributed by atoms with Crippen molar-refractivity contribution in [3.63, 3.8) is 0 Å². The number of aryl methyl sites for hydroxylation is 1. The van der Waals surface area contributed by atoms with Gasteiger partial charge in [0.25, 0.3) is 10.0 Å². The molecule has 0 spiro atoms. The summed E-state index contributed by atoms with van der Waals surface area (Å²) in [5, 5.41) is 3.87. The molecule has 1 aliphatic rings. The molecule has 1 N–H and O–H groups in total. The fourth-order valence-corrected chi connectivity index (χ4v) is 5.83. The van der Waals surface area contributed by atoms with Crippen LogP contribution in [0.4, 0.5) is 11.7 Å². The van der Waals surface area contributed by atoms with Crippen LogP contribution in [-0.2, 0) is 16.6 Å². The molecule has 10 nitrogen and oxygen atoms in total. The van der Waals surface area contributed by atoms with Crippen molar-refractivity contribution in [3.8, 4) is 28.3 Å². The fourth-order valence-electron chi connectivity index (χ4n) is 4.56. The van der Waals surface area contributed by atoms with Crippen molar-refractivity contribution < 1.29 is 22.1 Å². The third-order valence-corrected chi connectivity index (χ3v) is 8.06. The quantitative estimate of drug-likeness (QED) is 0.295. The summed E-state index contributed by atoms with van der Waals surface area (Å²) in [5.41, 5.74) is 4.19. The maximum atomic E-state index is 13.6. The maximum Gasteiger partial charge on any atom is 0.264 e. The van der Waals surface area contributed by atoms with Gasteiger partial charge >= 0.3 is 0 Å². The third kappa shape index (κ3) is 4.72. The van der Waals surface area contributed by atoms with Crippen molar-refractivity contribution in [3.05, 3.63) is 90.1 Å². The van der Waals surface area contributed by atoms with Crippen LogP contribution >= 0.6 is 0 Å². The number of oxazole rings is 1. The Labute approximate surface area is 225 Å². The van der Waals surface area contributed by atoms with Gasteiger partial charge in [-0.2, -0.15) is 0 Å². The second-order valence-electron chi connectivity index (χ2n) is 9.13. The zero-order valence-corrected chi connectivity index (χ0v) is 22.1. The van der Waals surface area contributed by atoms with Crippen LogP contribution in [0.5, 0.6) is 5.75 Å². The average molecular weight is 544 g/mol. The smallest absolute Gasteiger partial charge is 0.264 e. The predicted octanol–water partition coefficient (Wildman–Crippen LogP) is 5.21. The van der Waals surface area contributed by atoms with Gasteiger partial charge in [-0.25, -0.2) is 23.1 Å². The molecule has 0 fully saturated rings. The molecule has 0 radical (unpaired) electrons. The monoisotopic (exact) mass is 543 g/mol. The largest absolute Gasteiger partial charge is 0.488 e. The van der Waals surface area contributed by atoms with Crippen molar-refractivity contribution in [1.29, 1.82) is 0 Å². The molecule has 2 aromatic carbocycles. The van der Waals surface area contributed by atoms with E-state index in [1.807, 2.05) is 36.4 Å². The Hall–Kier alpha value is -4.64. The molecule has 6 rings (SSSR count). The number of aromatic nitrogens is 3. The third-order valence-electron chi connectivity index (χ3n) is 6.67. The highest BCUT2D eigenvalue weighted by atomic mass is 32.2. The topological polar surface area (TPSA) is 124 Å². The molecule has 0 atom stereocenters. The van der Waals surface area contributed by atoms with E-state index in [4.69, 9.17) is 13.7 Å². The Morgan fingerprint density at radius 3 is 2.67 bits per heavy atom. The maximum absolute atomic E-state index is 13.6. The van der Waals surface area contributed by atoms with Crippen molar-refractivity contribution in [2.75, 3.05) is 22.8 Å². The lowest BCUT2D eigenvalue weighted by atomic mass is 9.96. The minimum Gasteiger partial charge on any atom is -0.488 e. The molecule has 0 amide bonds. The number of anilines is 2. The Bertz CT molecular complexity index is 1750. The van der Waals surface area contributed by atoms with Crippen LogP contribution in [0.25, 0.3) is 22.6 Å². The van der Waals surface area contributed by atoms with Gasteiger partial charge in [0.05, 0.1) is 23.3 Å². The van der Waals surface area contributed by atoms with E-state index in [9.17, 15) is 8.42 Å². The van der Waals surface area contributed by atoms with E-state index < -0.39 is 10.0 Å². The van der Waals surface area contributed by atoms with Gasteiger partial charge in [0.15, 0.2) is 11.6 Å². The van der Waals surface area contributed by atoms with E-state index in [1.165, 1.54) is 6.26 Å². The molecule has 0 bridgehead atoms. The zero-order chi connectivity index (χ0) is 27.0. The van der Waals surface area contributed by atoms with Gasteiger partial charge in [-0.05, 0) is 55.3 Å². The Kier molecular flexibility index (Phi) is 6.27. The lowest BCUT2D eigenvalue weighted by Gasteiger charge is -2.30. The van der Waals surface area contributed by atoms with Crippen LogP contribution in [0.3, 0.4) is 0 Å². The first-order chi connectivity index (χ1) is 18.9. The van der Waals surface area contributed by atoms with E-state index in [0.29, 0.717) is 48.2 Å². The van der Waals surface area contributed by atoms with Crippen molar-refractivity contribution >= 4 is 21.7 Å². The molecule has 0 aliphatic carbocycles. The minimum absolute atomic E-state index is 0.0952. The molecular weight excluding hydrogens is 518 g/mol. The van der Waals surface area contributed by atoms with Crippen LogP contribution in [0.2, 0.25) is 0 Å². The van der Waals surface area contributed by atoms with E-state index in [-0.39, 0.29) is 10.8 Å². The standard InChI is InChI=1S/C28H25N5O5S/c1-18-19(2)31-38-27(18)32-39(34,35)25-8-4-3-6-23(25)22-10-9-20(28-30-12-14-37-28)16-21(22)17-33-13-15-36-24-7-5-11-29-26(24)33/h3-12,14,16,32H,13,15,17H2,1-2H3. The number of benzene rings is 2.